The van der Waals surface area contributed by atoms with E-state index in [0.717, 1.165) is 23.1 Å². The number of carbonyl (C=O) groups is 2. The molecule has 0 bridgehead atoms. The van der Waals surface area contributed by atoms with Gasteiger partial charge in [-0.05, 0) is 30.5 Å². The SMILES string of the molecule is CCCCCCc1ccc2sc(C(CC(=O)S)C(=O)O)nc2c1. The van der Waals surface area contributed by atoms with Crippen molar-refractivity contribution in [1.82, 2.24) is 4.98 Å². The van der Waals surface area contributed by atoms with Crippen molar-refractivity contribution >= 4 is 45.3 Å². The van der Waals surface area contributed by atoms with E-state index >= 15 is 0 Å². The number of rotatable bonds is 9. The topological polar surface area (TPSA) is 67.3 Å². The number of hydrogen-bond donors (Lipinski definition) is 2. The van der Waals surface area contributed by atoms with E-state index in [-0.39, 0.29) is 6.42 Å². The monoisotopic (exact) mass is 351 g/mol. The molecule has 6 heteroatoms. The third kappa shape index (κ3) is 5.04. The van der Waals surface area contributed by atoms with E-state index in [4.69, 9.17) is 0 Å². The van der Waals surface area contributed by atoms with Gasteiger partial charge in [-0.3, -0.25) is 9.59 Å². The highest BCUT2D eigenvalue weighted by molar-refractivity contribution is 7.96. The average Bonchev–Trinajstić information content (AvgIpc) is 2.91. The molecule has 0 saturated heterocycles. The van der Waals surface area contributed by atoms with Crippen LogP contribution in [0.4, 0.5) is 0 Å². The number of carboxylic acids is 1. The fourth-order valence-electron chi connectivity index (χ4n) is 2.51. The van der Waals surface area contributed by atoms with Crippen LogP contribution in [0.25, 0.3) is 10.2 Å². The van der Waals surface area contributed by atoms with E-state index in [1.165, 1.54) is 36.2 Å². The van der Waals surface area contributed by atoms with Crippen molar-refractivity contribution in [2.24, 2.45) is 0 Å². The normalized spacial score (nSPS) is 12.4. The van der Waals surface area contributed by atoms with Crippen molar-refractivity contribution < 1.29 is 14.7 Å². The molecule has 1 unspecified atom stereocenters. The van der Waals surface area contributed by atoms with E-state index in [9.17, 15) is 14.7 Å². The van der Waals surface area contributed by atoms with Crippen molar-refractivity contribution in [3.63, 3.8) is 0 Å². The minimum absolute atomic E-state index is 0.137. The molecule has 1 heterocycles. The molecule has 23 heavy (non-hydrogen) atoms. The molecule has 0 spiro atoms. The van der Waals surface area contributed by atoms with Crippen LogP contribution in [0.3, 0.4) is 0 Å². The maximum atomic E-state index is 11.4. The van der Waals surface area contributed by atoms with Crippen LogP contribution in [0, 0.1) is 0 Å². The van der Waals surface area contributed by atoms with Gasteiger partial charge in [0.15, 0.2) is 5.12 Å². The molecule has 2 rings (SSSR count). The molecule has 0 aliphatic carbocycles. The Morgan fingerprint density at radius 1 is 1.30 bits per heavy atom. The summed E-state index contributed by atoms with van der Waals surface area (Å²) in [5, 5.41) is 9.34. The third-order valence-corrected chi connectivity index (χ3v) is 5.10. The summed E-state index contributed by atoms with van der Waals surface area (Å²) in [5.41, 5.74) is 2.04. The number of fused-ring (bicyclic) bond motifs is 1. The third-order valence-electron chi connectivity index (χ3n) is 3.76. The summed E-state index contributed by atoms with van der Waals surface area (Å²) < 4.78 is 0.954. The molecule has 0 amide bonds. The fourth-order valence-corrected chi connectivity index (χ4v) is 3.73. The number of thiol groups is 1. The highest BCUT2D eigenvalue weighted by atomic mass is 32.1. The van der Waals surface area contributed by atoms with Gasteiger partial charge in [-0.2, -0.15) is 0 Å². The van der Waals surface area contributed by atoms with Crippen molar-refractivity contribution in [3.8, 4) is 0 Å². The highest BCUT2D eigenvalue weighted by Crippen LogP contribution is 2.31. The number of aliphatic carboxylic acids is 1. The maximum Gasteiger partial charge on any atom is 0.313 e. The number of aryl methyl sites for hydroxylation is 1. The molecule has 0 fully saturated rings. The predicted octanol–water partition coefficient (Wildman–Crippen LogP) is 4.43. The van der Waals surface area contributed by atoms with Crippen LogP contribution in [-0.4, -0.2) is 21.2 Å². The highest BCUT2D eigenvalue weighted by Gasteiger charge is 2.25. The second-order valence-electron chi connectivity index (χ2n) is 5.65. The minimum atomic E-state index is -1.04. The smallest absolute Gasteiger partial charge is 0.313 e. The van der Waals surface area contributed by atoms with Crippen LogP contribution < -0.4 is 0 Å². The number of thiazole rings is 1. The van der Waals surface area contributed by atoms with E-state index in [2.05, 4.69) is 30.6 Å². The lowest BCUT2D eigenvalue weighted by Gasteiger charge is -2.05. The van der Waals surface area contributed by atoms with Gasteiger partial charge in [0, 0.05) is 6.42 Å². The molecule has 1 atom stereocenters. The zero-order valence-electron chi connectivity index (χ0n) is 13.1. The summed E-state index contributed by atoms with van der Waals surface area (Å²) in [7, 11) is 0. The van der Waals surface area contributed by atoms with Gasteiger partial charge < -0.3 is 5.11 Å². The molecule has 0 aliphatic heterocycles. The van der Waals surface area contributed by atoms with Gasteiger partial charge in [0.2, 0.25) is 0 Å². The maximum absolute atomic E-state index is 11.4. The minimum Gasteiger partial charge on any atom is -0.481 e. The van der Waals surface area contributed by atoms with Crippen LogP contribution in [-0.2, 0) is 16.0 Å². The molecule has 4 nitrogen and oxygen atoms in total. The summed E-state index contributed by atoms with van der Waals surface area (Å²) in [5.74, 6) is -1.95. The Morgan fingerprint density at radius 3 is 2.74 bits per heavy atom. The first kappa shape index (κ1) is 17.9. The zero-order valence-corrected chi connectivity index (χ0v) is 14.8. The Labute approximate surface area is 145 Å². The Balaban J connectivity index is 2.17. The molecular formula is C17H21NO3S2. The van der Waals surface area contributed by atoms with Crippen molar-refractivity contribution in [2.45, 2.75) is 51.4 Å². The lowest BCUT2D eigenvalue weighted by Crippen LogP contribution is -2.13. The molecule has 0 saturated carbocycles. The van der Waals surface area contributed by atoms with Crippen LogP contribution in [0.15, 0.2) is 18.2 Å². The fraction of sp³-hybridized carbons (Fsp3) is 0.471. The lowest BCUT2D eigenvalue weighted by atomic mass is 10.1. The average molecular weight is 351 g/mol. The van der Waals surface area contributed by atoms with E-state index in [1.54, 1.807) is 0 Å². The van der Waals surface area contributed by atoms with E-state index < -0.39 is 17.0 Å². The predicted molar refractivity (Wildman–Crippen MR) is 96.5 cm³/mol. The first-order valence-electron chi connectivity index (χ1n) is 7.85. The Kier molecular flexibility index (Phi) is 6.59. The molecule has 0 radical (unpaired) electrons. The van der Waals surface area contributed by atoms with E-state index in [0.29, 0.717) is 5.01 Å². The summed E-state index contributed by atoms with van der Waals surface area (Å²) in [6, 6.07) is 6.10. The summed E-state index contributed by atoms with van der Waals surface area (Å²) >= 11 is 5.03. The standard InChI is InChI=1S/C17H21NO3S2/c1-2-3-4-5-6-11-7-8-14-13(9-11)18-16(23-14)12(17(20)21)10-15(19)22/h7-9,12H,2-6,10H2,1H3,(H,19,22)(H,20,21). The molecule has 1 aromatic heterocycles. The molecule has 2 aromatic rings. The number of carbonyl (C=O) groups excluding carboxylic acids is 1. The number of nitrogens with zero attached hydrogens (tertiary/aromatic N) is 1. The second kappa shape index (κ2) is 8.45. The molecular weight excluding hydrogens is 330 g/mol. The largest absolute Gasteiger partial charge is 0.481 e. The second-order valence-corrected chi connectivity index (χ2v) is 7.21. The lowest BCUT2D eigenvalue weighted by molar-refractivity contribution is -0.139. The van der Waals surface area contributed by atoms with Gasteiger partial charge in [0.25, 0.3) is 0 Å². The number of aromatic nitrogens is 1. The van der Waals surface area contributed by atoms with E-state index in [1.807, 2.05) is 12.1 Å². The Bertz CT molecular complexity index is 696. The van der Waals surface area contributed by atoms with Crippen LogP contribution in [0.5, 0.6) is 0 Å². The summed E-state index contributed by atoms with van der Waals surface area (Å²) in [4.78, 5) is 27.0. The molecule has 0 aliphatic rings. The van der Waals surface area contributed by atoms with Crippen molar-refractivity contribution in [2.75, 3.05) is 0 Å². The number of carboxylic acid groups (broad SMARTS) is 1. The summed E-state index contributed by atoms with van der Waals surface area (Å²) in [6.45, 7) is 2.19. The van der Waals surface area contributed by atoms with Crippen LogP contribution in [0.2, 0.25) is 0 Å². The first-order chi connectivity index (χ1) is 11.0. The first-order valence-corrected chi connectivity index (χ1v) is 9.11. The van der Waals surface area contributed by atoms with Crippen molar-refractivity contribution in [3.05, 3.63) is 28.8 Å². The van der Waals surface area contributed by atoms with Gasteiger partial charge in [-0.15, -0.1) is 24.0 Å². The van der Waals surface area contributed by atoms with Crippen LogP contribution in [0.1, 0.15) is 55.5 Å². The van der Waals surface area contributed by atoms with Crippen molar-refractivity contribution in [1.29, 1.82) is 0 Å². The quantitative estimate of drug-likeness (QED) is 0.518. The Morgan fingerprint density at radius 2 is 2.09 bits per heavy atom. The number of benzene rings is 1. The van der Waals surface area contributed by atoms with Crippen LogP contribution >= 0.6 is 24.0 Å². The van der Waals surface area contributed by atoms with Gasteiger partial charge in [0.1, 0.15) is 10.9 Å². The van der Waals surface area contributed by atoms with Gasteiger partial charge in [-0.25, -0.2) is 4.98 Å². The van der Waals surface area contributed by atoms with Gasteiger partial charge in [0.05, 0.1) is 10.2 Å². The van der Waals surface area contributed by atoms with Gasteiger partial charge >= 0.3 is 5.97 Å². The molecule has 1 aromatic carbocycles. The molecule has 124 valence electrons. The molecule has 1 N–H and O–H groups in total. The van der Waals surface area contributed by atoms with Gasteiger partial charge in [-0.1, -0.05) is 32.3 Å². The number of unbranched alkanes of at least 4 members (excludes halogenated alkanes) is 3. The Hall–Kier alpha value is -1.40. The summed E-state index contributed by atoms with van der Waals surface area (Å²) in [6.07, 6.45) is 5.72. The number of hydrogen-bond acceptors (Lipinski definition) is 4. The zero-order chi connectivity index (χ0) is 16.8.